The Morgan fingerprint density at radius 2 is 1.86 bits per heavy atom. The molecule has 2 aromatic rings. The maximum Gasteiger partial charge on any atom is 0.328 e. The number of nitrogens with one attached hydrogen (secondary N) is 1. The molecule has 0 radical (unpaired) electrons. The fourth-order valence-electron chi connectivity index (χ4n) is 2.14. The highest BCUT2D eigenvalue weighted by molar-refractivity contribution is 5.96. The average Bonchev–Trinajstić information content (AvgIpc) is 2.56. The first-order valence-electron chi connectivity index (χ1n) is 6.95. The molecule has 1 aromatic heterocycles. The molecule has 22 heavy (non-hydrogen) atoms. The van der Waals surface area contributed by atoms with Crippen LogP contribution in [-0.4, -0.2) is 30.0 Å². The summed E-state index contributed by atoms with van der Waals surface area (Å²) in [6.45, 7) is 1.97. The van der Waals surface area contributed by atoms with Crippen LogP contribution in [0.4, 0.5) is 0 Å². The van der Waals surface area contributed by atoms with Crippen LogP contribution in [-0.2, 0) is 16.0 Å². The topological polar surface area (TPSA) is 68.3 Å². The molecule has 0 spiro atoms. The second kappa shape index (κ2) is 7.36. The van der Waals surface area contributed by atoms with Crippen molar-refractivity contribution >= 4 is 11.9 Å². The van der Waals surface area contributed by atoms with Crippen LogP contribution in [0.15, 0.2) is 48.8 Å². The standard InChI is InChI=1S/C17H18N2O3/c1-12-5-3-4-6-14(12)11-15(17(21)22-2)19-16(20)13-7-9-18-10-8-13/h3-10,15H,11H2,1-2H3,(H,19,20)/t15-/m1/s1. The molecule has 0 saturated carbocycles. The number of aromatic nitrogens is 1. The molecule has 0 fully saturated rings. The lowest BCUT2D eigenvalue weighted by Gasteiger charge is -2.17. The third-order valence-electron chi connectivity index (χ3n) is 3.42. The van der Waals surface area contributed by atoms with Gasteiger partial charge in [-0.15, -0.1) is 0 Å². The number of rotatable bonds is 5. The summed E-state index contributed by atoms with van der Waals surface area (Å²) in [4.78, 5) is 28.0. The Morgan fingerprint density at radius 3 is 2.50 bits per heavy atom. The summed E-state index contributed by atoms with van der Waals surface area (Å²) in [5.74, 6) is -0.794. The highest BCUT2D eigenvalue weighted by Gasteiger charge is 2.23. The molecule has 0 bridgehead atoms. The van der Waals surface area contributed by atoms with E-state index in [-0.39, 0.29) is 5.91 Å². The Balaban J connectivity index is 2.15. The Bertz CT molecular complexity index is 656. The summed E-state index contributed by atoms with van der Waals surface area (Å²) in [5.41, 5.74) is 2.51. The minimum atomic E-state index is -0.730. The van der Waals surface area contributed by atoms with Gasteiger partial charge in [0.05, 0.1) is 7.11 Å². The van der Waals surface area contributed by atoms with Crippen LogP contribution in [0.2, 0.25) is 0 Å². The first kappa shape index (κ1) is 15.7. The minimum absolute atomic E-state index is 0.327. The van der Waals surface area contributed by atoms with Crippen molar-refractivity contribution in [3.63, 3.8) is 0 Å². The summed E-state index contributed by atoms with van der Waals surface area (Å²) in [7, 11) is 1.31. The zero-order chi connectivity index (χ0) is 15.9. The molecular formula is C17H18N2O3. The zero-order valence-corrected chi connectivity index (χ0v) is 12.6. The van der Waals surface area contributed by atoms with Gasteiger partial charge < -0.3 is 10.1 Å². The van der Waals surface area contributed by atoms with Crippen molar-refractivity contribution in [1.29, 1.82) is 0 Å². The molecule has 0 unspecified atom stereocenters. The van der Waals surface area contributed by atoms with Gasteiger partial charge in [0.15, 0.2) is 0 Å². The van der Waals surface area contributed by atoms with Gasteiger partial charge in [-0.2, -0.15) is 0 Å². The summed E-state index contributed by atoms with van der Waals surface area (Å²) < 4.78 is 4.80. The molecule has 1 heterocycles. The van der Waals surface area contributed by atoms with Gasteiger partial charge in [-0.05, 0) is 30.2 Å². The average molecular weight is 298 g/mol. The number of amides is 1. The van der Waals surface area contributed by atoms with Gasteiger partial charge in [0.25, 0.3) is 5.91 Å². The van der Waals surface area contributed by atoms with E-state index in [1.54, 1.807) is 12.1 Å². The van der Waals surface area contributed by atoms with Gasteiger partial charge in [0.1, 0.15) is 6.04 Å². The van der Waals surface area contributed by atoms with E-state index in [4.69, 9.17) is 4.74 Å². The second-order valence-corrected chi connectivity index (χ2v) is 4.92. The Hall–Kier alpha value is -2.69. The van der Waals surface area contributed by atoms with Crippen molar-refractivity contribution in [1.82, 2.24) is 10.3 Å². The summed E-state index contributed by atoms with van der Waals surface area (Å²) in [5, 5.41) is 2.72. The van der Waals surface area contributed by atoms with E-state index in [1.165, 1.54) is 19.5 Å². The van der Waals surface area contributed by atoms with Crippen molar-refractivity contribution in [2.24, 2.45) is 0 Å². The number of benzene rings is 1. The second-order valence-electron chi connectivity index (χ2n) is 4.92. The number of ether oxygens (including phenoxy) is 1. The molecule has 1 N–H and O–H groups in total. The molecule has 5 nitrogen and oxygen atoms in total. The van der Waals surface area contributed by atoms with E-state index in [9.17, 15) is 9.59 Å². The van der Waals surface area contributed by atoms with Crippen molar-refractivity contribution in [3.8, 4) is 0 Å². The SMILES string of the molecule is COC(=O)[C@@H](Cc1ccccc1C)NC(=O)c1ccncc1. The number of nitrogens with zero attached hydrogens (tertiary/aromatic N) is 1. The van der Waals surface area contributed by atoms with Crippen LogP contribution in [0, 0.1) is 6.92 Å². The van der Waals surface area contributed by atoms with Crippen LogP contribution < -0.4 is 5.32 Å². The molecule has 2 rings (SSSR count). The van der Waals surface area contributed by atoms with Gasteiger partial charge >= 0.3 is 5.97 Å². The number of pyridine rings is 1. The summed E-state index contributed by atoms with van der Waals surface area (Å²) in [6.07, 6.45) is 3.45. The van der Waals surface area contributed by atoms with Crippen molar-refractivity contribution in [3.05, 3.63) is 65.5 Å². The van der Waals surface area contributed by atoms with Crippen molar-refractivity contribution in [2.75, 3.05) is 7.11 Å². The van der Waals surface area contributed by atoms with E-state index < -0.39 is 12.0 Å². The lowest BCUT2D eigenvalue weighted by molar-refractivity contribution is -0.142. The lowest BCUT2D eigenvalue weighted by atomic mass is 10.0. The smallest absolute Gasteiger partial charge is 0.328 e. The number of carbonyl (C=O) groups is 2. The third-order valence-corrected chi connectivity index (χ3v) is 3.42. The van der Waals surface area contributed by atoms with Crippen molar-refractivity contribution in [2.45, 2.75) is 19.4 Å². The van der Waals surface area contributed by atoms with E-state index in [0.717, 1.165) is 11.1 Å². The molecule has 0 aliphatic heterocycles. The third kappa shape index (κ3) is 3.91. The molecule has 1 atom stereocenters. The highest BCUT2D eigenvalue weighted by Crippen LogP contribution is 2.11. The maximum absolute atomic E-state index is 12.2. The fraction of sp³-hybridized carbons (Fsp3) is 0.235. The number of carbonyl (C=O) groups excluding carboxylic acids is 2. The molecule has 0 aliphatic carbocycles. The Kier molecular flexibility index (Phi) is 5.25. The molecule has 1 aromatic carbocycles. The number of aryl methyl sites for hydroxylation is 1. The molecule has 0 saturated heterocycles. The number of hydrogen-bond acceptors (Lipinski definition) is 4. The van der Waals surface area contributed by atoms with Crippen LogP contribution in [0.25, 0.3) is 0 Å². The molecule has 5 heteroatoms. The molecule has 114 valence electrons. The van der Waals surface area contributed by atoms with Gasteiger partial charge in [0.2, 0.25) is 0 Å². The normalized spacial score (nSPS) is 11.5. The van der Waals surface area contributed by atoms with E-state index >= 15 is 0 Å². The Labute approximate surface area is 129 Å². The molecule has 1 amide bonds. The first-order chi connectivity index (χ1) is 10.6. The lowest BCUT2D eigenvalue weighted by Crippen LogP contribution is -2.43. The number of hydrogen-bond donors (Lipinski definition) is 1. The Morgan fingerprint density at radius 1 is 1.18 bits per heavy atom. The predicted molar refractivity (Wildman–Crippen MR) is 82.4 cm³/mol. The number of esters is 1. The highest BCUT2D eigenvalue weighted by atomic mass is 16.5. The predicted octanol–water partition coefficient (Wildman–Crippen LogP) is 1.90. The van der Waals surface area contributed by atoms with Crippen LogP contribution >= 0.6 is 0 Å². The molecular weight excluding hydrogens is 280 g/mol. The first-order valence-corrected chi connectivity index (χ1v) is 6.95. The quantitative estimate of drug-likeness (QED) is 0.856. The van der Waals surface area contributed by atoms with E-state index in [1.807, 2.05) is 31.2 Å². The van der Waals surface area contributed by atoms with E-state index in [2.05, 4.69) is 10.3 Å². The van der Waals surface area contributed by atoms with Gasteiger partial charge in [0, 0.05) is 24.4 Å². The monoisotopic (exact) mass is 298 g/mol. The number of methoxy groups -OCH3 is 1. The van der Waals surface area contributed by atoms with Crippen LogP contribution in [0.3, 0.4) is 0 Å². The van der Waals surface area contributed by atoms with E-state index in [0.29, 0.717) is 12.0 Å². The van der Waals surface area contributed by atoms with Crippen molar-refractivity contribution < 1.29 is 14.3 Å². The fourth-order valence-corrected chi connectivity index (χ4v) is 2.14. The van der Waals surface area contributed by atoms with Crippen LogP contribution in [0.5, 0.6) is 0 Å². The molecule has 0 aliphatic rings. The summed E-state index contributed by atoms with van der Waals surface area (Å²) >= 11 is 0. The van der Waals surface area contributed by atoms with Crippen LogP contribution in [0.1, 0.15) is 21.5 Å². The minimum Gasteiger partial charge on any atom is -0.467 e. The zero-order valence-electron chi connectivity index (χ0n) is 12.6. The largest absolute Gasteiger partial charge is 0.467 e. The summed E-state index contributed by atoms with van der Waals surface area (Å²) in [6, 6.07) is 10.2. The van der Waals surface area contributed by atoms with Gasteiger partial charge in [-0.3, -0.25) is 9.78 Å². The maximum atomic E-state index is 12.2. The van der Waals surface area contributed by atoms with Gasteiger partial charge in [-0.25, -0.2) is 4.79 Å². The van der Waals surface area contributed by atoms with Gasteiger partial charge in [-0.1, -0.05) is 24.3 Å².